The van der Waals surface area contributed by atoms with Gasteiger partial charge >= 0.3 is 0 Å². The molecule has 7 nitrogen and oxygen atoms in total. The third kappa shape index (κ3) is 3.44. The zero-order chi connectivity index (χ0) is 18.8. The highest BCUT2D eigenvalue weighted by atomic mass is 32.1. The van der Waals surface area contributed by atoms with Crippen LogP contribution in [0, 0.1) is 0 Å². The van der Waals surface area contributed by atoms with Gasteiger partial charge in [-0.25, -0.2) is 9.97 Å². The Morgan fingerprint density at radius 2 is 2.00 bits per heavy atom. The Bertz CT molecular complexity index is 1140. The summed E-state index contributed by atoms with van der Waals surface area (Å²) >= 11 is 1.40. The molecular formula is C19H22N6OS. The Balaban J connectivity index is 1.51. The maximum atomic E-state index is 12.2. The van der Waals surface area contributed by atoms with Gasteiger partial charge in [-0.2, -0.15) is 4.52 Å². The van der Waals surface area contributed by atoms with Crippen molar-refractivity contribution >= 4 is 32.5 Å². The zero-order valence-corrected chi connectivity index (χ0v) is 16.3. The Morgan fingerprint density at radius 1 is 1.15 bits per heavy atom. The Morgan fingerprint density at radius 3 is 2.81 bits per heavy atom. The van der Waals surface area contributed by atoms with Crippen LogP contribution in [0.15, 0.2) is 35.1 Å². The summed E-state index contributed by atoms with van der Waals surface area (Å²) in [6.07, 6.45) is 2.55. The molecule has 0 aliphatic carbocycles. The highest BCUT2D eigenvalue weighted by molar-refractivity contribution is 7.20. The molecule has 0 spiro atoms. The SMILES string of the molecule is CCCc1cc(=O)n2nc(NCCc3nc4ccccc4n3CC)sc2n1. The van der Waals surface area contributed by atoms with Crippen molar-refractivity contribution in [3.05, 3.63) is 52.2 Å². The Kier molecular flexibility index (Phi) is 4.89. The Labute approximate surface area is 160 Å². The van der Waals surface area contributed by atoms with Gasteiger partial charge in [0.05, 0.1) is 11.0 Å². The number of rotatable bonds is 7. The molecule has 3 aromatic heterocycles. The highest BCUT2D eigenvalue weighted by Crippen LogP contribution is 2.18. The molecule has 0 unspecified atom stereocenters. The smallest absolute Gasteiger partial charge is 0.275 e. The van der Waals surface area contributed by atoms with Crippen LogP contribution in [-0.4, -0.2) is 30.7 Å². The van der Waals surface area contributed by atoms with Crippen molar-refractivity contribution < 1.29 is 0 Å². The fourth-order valence-electron chi connectivity index (χ4n) is 3.26. The van der Waals surface area contributed by atoms with E-state index in [0.717, 1.165) is 48.4 Å². The predicted octanol–water partition coefficient (Wildman–Crippen LogP) is 3.13. The van der Waals surface area contributed by atoms with Crippen LogP contribution < -0.4 is 10.9 Å². The third-order valence-electron chi connectivity index (χ3n) is 4.48. The van der Waals surface area contributed by atoms with E-state index >= 15 is 0 Å². The highest BCUT2D eigenvalue weighted by Gasteiger charge is 2.11. The lowest BCUT2D eigenvalue weighted by Crippen LogP contribution is -2.16. The second-order valence-electron chi connectivity index (χ2n) is 6.38. The van der Waals surface area contributed by atoms with E-state index in [9.17, 15) is 4.79 Å². The molecule has 4 rings (SSSR count). The van der Waals surface area contributed by atoms with Crippen LogP contribution in [-0.2, 0) is 19.4 Å². The molecule has 0 fully saturated rings. The summed E-state index contributed by atoms with van der Waals surface area (Å²) < 4.78 is 3.60. The lowest BCUT2D eigenvalue weighted by atomic mass is 10.2. The summed E-state index contributed by atoms with van der Waals surface area (Å²) in [6.45, 7) is 5.79. The van der Waals surface area contributed by atoms with Gasteiger partial charge in [0.2, 0.25) is 10.1 Å². The minimum absolute atomic E-state index is 0.125. The van der Waals surface area contributed by atoms with E-state index in [-0.39, 0.29) is 5.56 Å². The maximum Gasteiger partial charge on any atom is 0.275 e. The van der Waals surface area contributed by atoms with E-state index < -0.39 is 0 Å². The zero-order valence-electron chi connectivity index (χ0n) is 15.5. The van der Waals surface area contributed by atoms with Crippen LogP contribution >= 0.6 is 11.3 Å². The molecule has 140 valence electrons. The van der Waals surface area contributed by atoms with Crippen molar-refractivity contribution in [2.24, 2.45) is 0 Å². The van der Waals surface area contributed by atoms with Crippen LogP contribution in [0.3, 0.4) is 0 Å². The number of aromatic nitrogens is 5. The quantitative estimate of drug-likeness (QED) is 0.531. The maximum absolute atomic E-state index is 12.2. The molecule has 3 heterocycles. The number of aryl methyl sites for hydroxylation is 2. The van der Waals surface area contributed by atoms with E-state index in [0.29, 0.717) is 16.6 Å². The molecule has 0 saturated heterocycles. The minimum atomic E-state index is -0.125. The number of nitrogens with zero attached hydrogens (tertiary/aromatic N) is 5. The molecule has 0 saturated carbocycles. The lowest BCUT2D eigenvalue weighted by molar-refractivity contribution is 0.716. The molecule has 0 radical (unpaired) electrons. The first-order chi connectivity index (χ1) is 13.2. The van der Waals surface area contributed by atoms with Gasteiger partial charge in [0.15, 0.2) is 0 Å². The van der Waals surface area contributed by atoms with Crippen molar-refractivity contribution in [1.29, 1.82) is 0 Å². The average Bonchev–Trinajstić information content (AvgIpc) is 3.23. The molecule has 1 aromatic carbocycles. The number of anilines is 1. The van der Waals surface area contributed by atoms with E-state index in [2.05, 4.69) is 39.9 Å². The van der Waals surface area contributed by atoms with Gasteiger partial charge in [-0.15, -0.1) is 5.10 Å². The molecule has 4 aromatic rings. The van der Waals surface area contributed by atoms with E-state index in [1.807, 2.05) is 18.2 Å². The minimum Gasteiger partial charge on any atom is -0.360 e. The van der Waals surface area contributed by atoms with Crippen LogP contribution in [0.25, 0.3) is 16.0 Å². The number of hydrogen-bond donors (Lipinski definition) is 1. The number of fused-ring (bicyclic) bond motifs is 2. The number of para-hydroxylation sites is 2. The Hall–Kier alpha value is -2.74. The summed E-state index contributed by atoms with van der Waals surface area (Å²) in [6, 6.07) is 9.76. The predicted molar refractivity (Wildman–Crippen MR) is 109 cm³/mol. The monoisotopic (exact) mass is 382 g/mol. The molecule has 0 aliphatic rings. The first-order valence-corrected chi connectivity index (χ1v) is 10.1. The topological polar surface area (TPSA) is 77.1 Å². The van der Waals surface area contributed by atoms with Crippen molar-refractivity contribution in [3.8, 4) is 0 Å². The van der Waals surface area contributed by atoms with E-state index in [4.69, 9.17) is 4.98 Å². The number of nitrogens with one attached hydrogen (secondary N) is 1. The fourth-order valence-corrected chi connectivity index (χ4v) is 4.11. The number of hydrogen-bond acceptors (Lipinski definition) is 6. The second-order valence-corrected chi connectivity index (χ2v) is 7.33. The van der Waals surface area contributed by atoms with Crippen molar-refractivity contribution in [2.45, 2.75) is 39.7 Å². The molecule has 0 atom stereocenters. The molecule has 8 heteroatoms. The number of imidazole rings is 1. The van der Waals surface area contributed by atoms with Crippen molar-refractivity contribution in [2.75, 3.05) is 11.9 Å². The molecular weight excluding hydrogens is 360 g/mol. The van der Waals surface area contributed by atoms with Crippen molar-refractivity contribution in [1.82, 2.24) is 24.1 Å². The van der Waals surface area contributed by atoms with Crippen LogP contribution in [0.5, 0.6) is 0 Å². The normalized spacial score (nSPS) is 11.5. The van der Waals surface area contributed by atoms with Crippen molar-refractivity contribution in [3.63, 3.8) is 0 Å². The summed E-state index contributed by atoms with van der Waals surface area (Å²) in [7, 11) is 0. The summed E-state index contributed by atoms with van der Waals surface area (Å²) in [4.78, 5) is 22.1. The number of benzene rings is 1. The van der Waals surface area contributed by atoms with Gasteiger partial charge in [0.25, 0.3) is 5.56 Å². The average molecular weight is 382 g/mol. The molecule has 0 aliphatic heterocycles. The van der Waals surface area contributed by atoms with Crippen LogP contribution in [0.2, 0.25) is 0 Å². The molecule has 0 amide bonds. The van der Waals surface area contributed by atoms with E-state index in [1.54, 1.807) is 6.07 Å². The molecule has 27 heavy (non-hydrogen) atoms. The van der Waals surface area contributed by atoms with Gasteiger partial charge in [-0.3, -0.25) is 4.79 Å². The molecule has 0 bridgehead atoms. The summed E-state index contributed by atoms with van der Waals surface area (Å²) in [5, 5.41) is 8.36. The molecule has 1 N–H and O–H groups in total. The second kappa shape index (κ2) is 7.48. The van der Waals surface area contributed by atoms with Crippen LogP contribution in [0.1, 0.15) is 31.8 Å². The van der Waals surface area contributed by atoms with Gasteiger partial charge in [-0.1, -0.05) is 36.8 Å². The first kappa shape index (κ1) is 17.7. The largest absolute Gasteiger partial charge is 0.360 e. The third-order valence-corrected chi connectivity index (χ3v) is 5.35. The summed E-state index contributed by atoms with van der Waals surface area (Å²) in [5.41, 5.74) is 2.89. The van der Waals surface area contributed by atoms with Gasteiger partial charge < -0.3 is 9.88 Å². The van der Waals surface area contributed by atoms with Crippen LogP contribution in [0.4, 0.5) is 5.13 Å². The standard InChI is InChI=1S/C19H22N6OS/c1-3-7-13-12-17(26)25-19(21-13)27-18(23-25)20-11-10-16-22-14-8-5-6-9-15(14)24(16)4-2/h5-6,8-9,12H,3-4,7,10-11H2,1-2H3,(H,20,23). The van der Waals surface area contributed by atoms with Gasteiger partial charge in [-0.05, 0) is 25.5 Å². The lowest BCUT2D eigenvalue weighted by Gasteiger charge is -2.06. The fraction of sp³-hybridized carbons (Fsp3) is 0.368. The van der Waals surface area contributed by atoms with Gasteiger partial charge in [0, 0.05) is 31.3 Å². The summed E-state index contributed by atoms with van der Waals surface area (Å²) in [5.74, 6) is 1.05. The first-order valence-electron chi connectivity index (χ1n) is 9.27. The van der Waals surface area contributed by atoms with Gasteiger partial charge in [0.1, 0.15) is 5.82 Å². The van der Waals surface area contributed by atoms with E-state index in [1.165, 1.54) is 15.9 Å².